The van der Waals surface area contributed by atoms with E-state index in [1.807, 2.05) is 36.4 Å². The van der Waals surface area contributed by atoms with Gasteiger partial charge in [-0.1, -0.05) is 30.3 Å². The van der Waals surface area contributed by atoms with E-state index in [-0.39, 0.29) is 0 Å². The largest absolute Gasteiger partial charge is 0.457 e. The van der Waals surface area contributed by atoms with Crippen molar-refractivity contribution in [1.29, 1.82) is 5.26 Å². The number of nitrogens with zero attached hydrogens (tertiary/aromatic N) is 2. The highest BCUT2D eigenvalue weighted by Gasteiger charge is 2.49. The molecular weight excluding hydrogens is 420 g/mol. The smallest absolute Gasteiger partial charge is 0.325 e. The molecule has 0 saturated carbocycles. The summed E-state index contributed by atoms with van der Waals surface area (Å²) in [4.78, 5) is 38.8. The van der Waals surface area contributed by atoms with Gasteiger partial charge in [-0.2, -0.15) is 5.26 Å². The molecule has 4 rings (SSSR count). The molecule has 0 bridgehead atoms. The van der Waals surface area contributed by atoms with Gasteiger partial charge in [0.15, 0.2) is 0 Å². The molecule has 33 heavy (non-hydrogen) atoms. The van der Waals surface area contributed by atoms with Gasteiger partial charge in [-0.05, 0) is 61.0 Å². The SMILES string of the molecule is CC1(c2ccc(C#N)cc2)NC(=O)N(CC(=O)Nc2ccc(Oc3ccccc3)cc2)C1=O. The Labute approximate surface area is 190 Å². The van der Waals surface area contributed by atoms with Crippen LogP contribution in [0.4, 0.5) is 10.5 Å². The van der Waals surface area contributed by atoms with Crippen LogP contribution >= 0.6 is 0 Å². The summed E-state index contributed by atoms with van der Waals surface area (Å²) < 4.78 is 5.72. The van der Waals surface area contributed by atoms with Crippen molar-refractivity contribution in [2.24, 2.45) is 0 Å². The van der Waals surface area contributed by atoms with Crippen molar-refractivity contribution in [2.75, 3.05) is 11.9 Å². The number of ether oxygens (including phenoxy) is 1. The fourth-order valence-corrected chi connectivity index (χ4v) is 3.49. The normalized spacial score (nSPS) is 17.3. The Hall–Kier alpha value is -4.64. The van der Waals surface area contributed by atoms with E-state index in [9.17, 15) is 14.4 Å². The van der Waals surface area contributed by atoms with Gasteiger partial charge in [0, 0.05) is 5.69 Å². The molecule has 3 aromatic rings. The minimum absolute atomic E-state index is 0.432. The number of carbonyl (C=O) groups excluding carboxylic acids is 3. The first-order valence-corrected chi connectivity index (χ1v) is 10.2. The zero-order valence-electron chi connectivity index (χ0n) is 17.7. The summed E-state index contributed by atoms with van der Waals surface area (Å²) >= 11 is 0. The first-order chi connectivity index (χ1) is 15.9. The molecule has 1 aliphatic rings. The maximum atomic E-state index is 13.0. The minimum Gasteiger partial charge on any atom is -0.457 e. The Balaban J connectivity index is 1.39. The molecule has 3 aromatic carbocycles. The van der Waals surface area contributed by atoms with E-state index < -0.39 is 29.9 Å². The highest BCUT2D eigenvalue weighted by atomic mass is 16.5. The third-order valence-electron chi connectivity index (χ3n) is 5.29. The number of imide groups is 1. The molecule has 1 unspecified atom stereocenters. The molecule has 1 heterocycles. The fraction of sp³-hybridized carbons (Fsp3) is 0.120. The zero-order chi connectivity index (χ0) is 23.4. The average Bonchev–Trinajstić information content (AvgIpc) is 3.05. The molecule has 0 aliphatic carbocycles. The molecule has 4 amide bonds. The third kappa shape index (κ3) is 4.52. The molecule has 1 aliphatic heterocycles. The second-order valence-electron chi connectivity index (χ2n) is 7.62. The lowest BCUT2D eigenvalue weighted by atomic mass is 9.91. The minimum atomic E-state index is -1.32. The Kier molecular flexibility index (Phi) is 5.79. The van der Waals surface area contributed by atoms with Gasteiger partial charge >= 0.3 is 6.03 Å². The Morgan fingerprint density at radius 3 is 2.27 bits per heavy atom. The van der Waals surface area contributed by atoms with Crippen LogP contribution in [0.2, 0.25) is 0 Å². The second kappa shape index (κ2) is 8.85. The molecule has 1 saturated heterocycles. The number of hydrogen-bond donors (Lipinski definition) is 2. The maximum Gasteiger partial charge on any atom is 0.325 e. The van der Waals surface area contributed by atoms with Crippen LogP contribution in [0.1, 0.15) is 18.1 Å². The van der Waals surface area contributed by atoms with E-state index in [2.05, 4.69) is 10.6 Å². The average molecular weight is 440 g/mol. The molecule has 1 fully saturated rings. The van der Waals surface area contributed by atoms with Crippen molar-refractivity contribution < 1.29 is 19.1 Å². The van der Waals surface area contributed by atoms with Gasteiger partial charge in [0.1, 0.15) is 23.6 Å². The van der Waals surface area contributed by atoms with Gasteiger partial charge in [-0.15, -0.1) is 0 Å². The molecule has 0 spiro atoms. The standard InChI is InChI=1S/C25H20N4O4/c1-25(18-9-7-17(15-26)8-10-18)23(31)29(24(32)28-25)16-22(30)27-19-11-13-21(14-12-19)33-20-5-3-2-4-6-20/h2-14H,16H2,1H3,(H,27,30)(H,28,32). The van der Waals surface area contributed by atoms with Crippen molar-refractivity contribution in [3.63, 3.8) is 0 Å². The third-order valence-corrected chi connectivity index (χ3v) is 5.29. The highest BCUT2D eigenvalue weighted by molar-refractivity contribution is 6.10. The topological polar surface area (TPSA) is 112 Å². The summed E-state index contributed by atoms with van der Waals surface area (Å²) in [5, 5.41) is 14.3. The lowest BCUT2D eigenvalue weighted by Crippen LogP contribution is -2.42. The van der Waals surface area contributed by atoms with Crippen LogP contribution in [0.3, 0.4) is 0 Å². The van der Waals surface area contributed by atoms with Gasteiger partial charge in [-0.3, -0.25) is 14.5 Å². The van der Waals surface area contributed by atoms with Crippen LogP contribution in [-0.4, -0.2) is 29.3 Å². The van der Waals surface area contributed by atoms with E-state index in [4.69, 9.17) is 10.00 Å². The molecular formula is C25H20N4O4. The quantitative estimate of drug-likeness (QED) is 0.567. The van der Waals surface area contributed by atoms with Gasteiger partial charge in [0.2, 0.25) is 5.91 Å². The number of rotatable bonds is 6. The van der Waals surface area contributed by atoms with Crippen molar-refractivity contribution >= 4 is 23.5 Å². The van der Waals surface area contributed by atoms with Crippen LogP contribution < -0.4 is 15.4 Å². The van der Waals surface area contributed by atoms with Gasteiger partial charge < -0.3 is 15.4 Å². The number of benzene rings is 3. The number of para-hydroxylation sites is 1. The number of hydrogen-bond acceptors (Lipinski definition) is 5. The predicted octanol–water partition coefficient (Wildman–Crippen LogP) is 3.76. The number of nitrogens with one attached hydrogen (secondary N) is 2. The van der Waals surface area contributed by atoms with Crippen LogP contribution in [0.5, 0.6) is 11.5 Å². The molecule has 8 heteroatoms. The van der Waals surface area contributed by atoms with Crippen molar-refractivity contribution in [2.45, 2.75) is 12.5 Å². The number of nitriles is 1. The summed E-state index contributed by atoms with van der Waals surface area (Å²) in [6, 6.07) is 23.8. The lowest BCUT2D eigenvalue weighted by Gasteiger charge is -2.22. The number of urea groups is 1. The Morgan fingerprint density at radius 1 is 1.00 bits per heavy atom. The van der Waals surface area contributed by atoms with Gasteiger partial charge in [0.05, 0.1) is 11.6 Å². The maximum absolute atomic E-state index is 13.0. The molecule has 1 atom stereocenters. The molecule has 2 N–H and O–H groups in total. The Bertz CT molecular complexity index is 1230. The van der Waals surface area contributed by atoms with Crippen molar-refractivity contribution in [3.8, 4) is 17.6 Å². The van der Waals surface area contributed by atoms with Crippen molar-refractivity contribution in [1.82, 2.24) is 10.2 Å². The first kappa shape index (κ1) is 21.6. The first-order valence-electron chi connectivity index (χ1n) is 10.2. The van der Waals surface area contributed by atoms with E-state index in [1.165, 1.54) is 0 Å². The predicted molar refractivity (Wildman–Crippen MR) is 120 cm³/mol. The van der Waals surface area contributed by atoms with Crippen LogP contribution in [0.15, 0.2) is 78.9 Å². The molecule has 0 aromatic heterocycles. The van der Waals surface area contributed by atoms with Crippen LogP contribution in [0, 0.1) is 11.3 Å². The van der Waals surface area contributed by atoms with Gasteiger partial charge in [-0.25, -0.2) is 4.79 Å². The van der Waals surface area contributed by atoms with Crippen LogP contribution in [0.25, 0.3) is 0 Å². The summed E-state index contributed by atoms with van der Waals surface area (Å²) in [6.07, 6.45) is 0. The summed E-state index contributed by atoms with van der Waals surface area (Å²) in [6.45, 7) is 1.14. The number of carbonyl (C=O) groups is 3. The molecule has 8 nitrogen and oxygen atoms in total. The van der Waals surface area contributed by atoms with E-state index in [0.717, 1.165) is 4.90 Å². The number of anilines is 1. The van der Waals surface area contributed by atoms with Crippen LogP contribution in [-0.2, 0) is 15.1 Å². The lowest BCUT2D eigenvalue weighted by molar-refractivity contribution is -0.133. The zero-order valence-corrected chi connectivity index (χ0v) is 17.7. The van der Waals surface area contributed by atoms with Crippen molar-refractivity contribution in [3.05, 3.63) is 90.0 Å². The molecule has 164 valence electrons. The number of amides is 4. The summed E-state index contributed by atoms with van der Waals surface area (Å²) in [5.74, 6) is 0.239. The summed E-state index contributed by atoms with van der Waals surface area (Å²) in [7, 11) is 0. The summed E-state index contributed by atoms with van der Waals surface area (Å²) in [5.41, 5.74) is 0.150. The van der Waals surface area contributed by atoms with E-state index in [0.29, 0.717) is 28.3 Å². The molecule has 0 radical (unpaired) electrons. The van der Waals surface area contributed by atoms with E-state index >= 15 is 0 Å². The highest BCUT2D eigenvalue weighted by Crippen LogP contribution is 2.29. The van der Waals surface area contributed by atoms with Gasteiger partial charge in [0.25, 0.3) is 5.91 Å². The Morgan fingerprint density at radius 2 is 1.64 bits per heavy atom. The fourth-order valence-electron chi connectivity index (χ4n) is 3.49. The van der Waals surface area contributed by atoms with E-state index in [1.54, 1.807) is 55.5 Å². The second-order valence-corrected chi connectivity index (χ2v) is 7.62. The monoisotopic (exact) mass is 440 g/mol.